The lowest BCUT2D eigenvalue weighted by atomic mass is 10.3. The fraction of sp³-hybridized carbons (Fsp3) is 1.00. The molecular weight excluding hydrogens is 142 g/mol. The van der Waals surface area contributed by atoms with E-state index in [9.17, 15) is 0 Å². The number of rotatable bonds is 3. The van der Waals surface area contributed by atoms with Crippen molar-refractivity contribution < 1.29 is 10.2 Å². The molecule has 0 spiro atoms. The fourth-order valence-electron chi connectivity index (χ4n) is 2.33. The molecule has 0 aromatic carbocycles. The average molecular weight is 157 g/mol. The third-order valence-corrected chi connectivity index (χ3v) is 3.07. The smallest absolute Gasteiger partial charge is 0.0558 e. The van der Waals surface area contributed by atoms with E-state index in [4.69, 9.17) is 10.2 Å². The Labute approximate surface area is 66.6 Å². The molecule has 0 aromatic heterocycles. The van der Waals surface area contributed by atoms with Crippen molar-refractivity contribution in [3.05, 3.63) is 0 Å². The van der Waals surface area contributed by atoms with Crippen molar-refractivity contribution in [2.24, 2.45) is 17.8 Å². The molecule has 1 heterocycles. The highest BCUT2D eigenvalue weighted by atomic mass is 16.3. The minimum atomic E-state index is 0.267. The monoisotopic (exact) mass is 157 g/mol. The molecule has 0 bridgehead atoms. The highest BCUT2D eigenvalue weighted by molar-refractivity contribution is 5.04. The predicted octanol–water partition coefficient (Wildman–Crippen LogP) is -0.851. The van der Waals surface area contributed by atoms with E-state index in [2.05, 4.69) is 4.90 Å². The van der Waals surface area contributed by atoms with Crippen LogP contribution < -0.4 is 0 Å². The Bertz CT molecular complexity index is 139. The summed E-state index contributed by atoms with van der Waals surface area (Å²) in [5.74, 6) is 2.07. The summed E-state index contributed by atoms with van der Waals surface area (Å²) in [4.78, 5) is 2.28. The SMILES string of the molecule is OCCN1CC2C(CO)C2C1. The van der Waals surface area contributed by atoms with E-state index in [1.807, 2.05) is 0 Å². The van der Waals surface area contributed by atoms with Crippen molar-refractivity contribution in [1.82, 2.24) is 4.90 Å². The van der Waals surface area contributed by atoms with E-state index < -0.39 is 0 Å². The number of aliphatic hydroxyl groups is 2. The maximum atomic E-state index is 8.86. The van der Waals surface area contributed by atoms with Crippen LogP contribution in [-0.2, 0) is 0 Å². The zero-order valence-corrected chi connectivity index (χ0v) is 6.61. The lowest BCUT2D eigenvalue weighted by molar-refractivity contribution is 0.185. The summed E-state index contributed by atoms with van der Waals surface area (Å²) in [6, 6.07) is 0. The maximum absolute atomic E-state index is 8.86. The second-order valence-corrected chi connectivity index (χ2v) is 3.66. The highest BCUT2D eigenvalue weighted by Gasteiger charge is 2.54. The van der Waals surface area contributed by atoms with Crippen molar-refractivity contribution in [2.75, 3.05) is 32.8 Å². The van der Waals surface area contributed by atoms with Crippen molar-refractivity contribution in [2.45, 2.75) is 0 Å². The van der Waals surface area contributed by atoms with Gasteiger partial charge in [-0.15, -0.1) is 0 Å². The number of likely N-dealkylation sites (tertiary alicyclic amines) is 1. The third kappa shape index (κ3) is 1.17. The first-order valence-electron chi connectivity index (χ1n) is 4.31. The predicted molar refractivity (Wildman–Crippen MR) is 41.1 cm³/mol. The van der Waals surface area contributed by atoms with Gasteiger partial charge in [-0.2, -0.15) is 0 Å². The first-order valence-corrected chi connectivity index (χ1v) is 4.31. The molecule has 2 rings (SSSR count). The molecule has 0 amide bonds. The molecule has 0 aromatic rings. The Kier molecular flexibility index (Phi) is 1.87. The number of piperidine rings is 1. The van der Waals surface area contributed by atoms with Gasteiger partial charge in [0, 0.05) is 26.2 Å². The summed E-state index contributed by atoms with van der Waals surface area (Å²) in [7, 11) is 0. The van der Waals surface area contributed by atoms with Gasteiger partial charge in [-0.05, 0) is 17.8 Å². The summed E-state index contributed by atoms with van der Waals surface area (Å²) in [6.45, 7) is 3.63. The molecule has 1 aliphatic heterocycles. The Balaban J connectivity index is 1.76. The molecule has 64 valence electrons. The number of hydrogen-bond acceptors (Lipinski definition) is 3. The minimum Gasteiger partial charge on any atom is -0.396 e. The van der Waals surface area contributed by atoms with Crippen LogP contribution in [0.2, 0.25) is 0 Å². The van der Waals surface area contributed by atoms with Gasteiger partial charge in [-0.3, -0.25) is 0 Å². The Morgan fingerprint density at radius 3 is 2.27 bits per heavy atom. The van der Waals surface area contributed by atoms with Crippen LogP contribution in [0, 0.1) is 17.8 Å². The molecule has 3 nitrogen and oxygen atoms in total. The van der Waals surface area contributed by atoms with E-state index in [-0.39, 0.29) is 6.61 Å². The van der Waals surface area contributed by atoms with Gasteiger partial charge in [0.25, 0.3) is 0 Å². The molecule has 1 aliphatic carbocycles. The van der Waals surface area contributed by atoms with Gasteiger partial charge in [0.2, 0.25) is 0 Å². The molecule has 1 saturated carbocycles. The lowest BCUT2D eigenvalue weighted by Crippen LogP contribution is -2.28. The van der Waals surface area contributed by atoms with Crippen LogP contribution in [0.1, 0.15) is 0 Å². The zero-order chi connectivity index (χ0) is 7.84. The van der Waals surface area contributed by atoms with Gasteiger partial charge in [-0.1, -0.05) is 0 Å². The Morgan fingerprint density at radius 2 is 1.82 bits per heavy atom. The number of β-amino-alcohol motifs (C(OH)–C–C–N with tert-alkyl or cyclic N) is 1. The normalized spacial score (nSPS) is 42.5. The summed E-state index contributed by atoms with van der Waals surface area (Å²) in [5.41, 5.74) is 0. The number of aliphatic hydroxyl groups excluding tert-OH is 2. The standard InChI is InChI=1S/C8H15NO2/c10-2-1-9-3-6-7(4-9)8(6)5-11/h6-8,10-11H,1-5H2. The van der Waals surface area contributed by atoms with E-state index >= 15 is 0 Å². The first kappa shape index (κ1) is 7.53. The molecule has 2 unspecified atom stereocenters. The Hall–Kier alpha value is -0.120. The topological polar surface area (TPSA) is 43.7 Å². The van der Waals surface area contributed by atoms with Gasteiger partial charge < -0.3 is 15.1 Å². The van der Waals surface area contributed by atoms with E-state index in [1.165, 1.54) is 0 Å². The molecule has 2 atom stereocenters. The first-order chi connectivity index (χ1) is 5.36. The van der Waals surface area contributed by atoms with E-state index in [1.54, 1.807) is 0 Å². The number of nitrogens with zero attached hydrogens (tertiary/aromatic N) is 1. The average Bonchev–Trinajstić information content (AvgIpc) is 2.47. The summed E-state index contributed by atoms with van der Waals surface area (Å²) in [6.07, 6.45) is 0. The van der Waals surface area contributed by atoms with Crippen LogP contribution in [0.15, 0.2) is 0 Å². The van der Waals surface area contributed by atoms with Crippen LogP contribution in [0.5, 0.6) is 0 Å². The second-order valence-electron chi connectivity index (χ2n) is 3.66. The lowest BCUT2D eigenvalue weighted by Gasteiger charge is -2.16. The van der Waals surface area contributed by atoms with Crippen LogP contribution in [0.3, 0.4) is 0 Å². The summed E-state index contributed by atoms with van der Waals surface area (Å²) >= 11 is 0. The van der Waals surface area contributed by atoms with Crippen molar-refractivity contribution in [3.63, 3.8) is 0 Å². The molecule has 0 radical (unpaired) electrons. The highest BCUT2D eigenvalue weighted by Crippen LogP contribution is 2.50. The van der Waals surface area contributed by atoms with Crippen molar-refractivity contribution in [1.29, 1.82) is 0 Å². The zero-order valence-electron chi connectivity index (χ0n) is 6.61. The van der Waals surface area contributed by atoms with E-state index in [0.717, 1.165) is 31.5 Å². The number of fused-ring (bicyclic) bond motifs is 1. The van der Waals surface area contributed by atoms with Crippen molar-refractivity contribution >= 4 is 0 Å². The van der Waals surface area contributed by atoms with Gasteiger partial charge in [0.05, 0.1) is 6.61 Å². The summed E-state index contributed by atoms with van der Waals surface area (Å²) in [5, 5.41) is 17.5. The fourth-order valence-corrected chi connectivity index (χ4v) is 2.33. The molecule has 2 fully saturated rings. The van der Waals surface area contributed by atoms with Gasteiger partial charge in [-0.25, -0.2) is 0 Å². The molecule has 2 aliphatic rings. The molecular formula is C8H15NO2. The van der Waals surface area contributed by atoms with Crippen LogP contribution in [0.25, 0.3) is 0 Å². The van der Waals surface area contributed by atoms with Crippen molar-refractivity contribution in [3.8, 4) is 0 Å². The van der Waals surface area contributed by atoms with E-state index in [0.29, 0.717) is 12.5 Å². The number of hydrogen-bond donors (Lipinski definition) is 2. The summed E-state index contributed by atoms with van der Waals surface area (Å²) < 4.78 is 0. The quantitative estimate of drug-likeness (QED) is 0.561. The van der Waals surface area contributed by atoms with Gasteiger partial charge >= 0.3 is 0 Å². The molecule has 3 heteroatoms. The molecule has 2 N–H and O–H groups in total. The molecule has 11 heavy (non-hydrogen) atoms. The van der Waals surface area contributed by atoms with Gasteiger partial charge in [0.1, 0.15) is 0 Å². The Morgan fingerprint density at radius 1 is 1.18 bits per heavy atom. The largest absolute Gasteiger partial charge is 0.396 e. The van der Waals surface area contributed by atoms with Crippen LogP contribution in [0.4, 0.5) is 0 Å². The van der Waals surface area contributed by atoms with Gasteiger partial charge in [0.15, 0.2) is 0 Å². The third-order valence-electron chi connectivity index (χ3n) is 3.07. The minimum absolute atomic E-state index is 0.267. The maximum Gasteiger partial charge on any atom is 0.0558 e. The molecule has 1 saturated heterocycles. The van der Waals surface area contributed by atoms with Crippen LogP contribution >= 0.6 is 0 Å². The second kappa shape index (κ2) is 2.73. The van der Waals surface area contributed by atoms with Crippen LogP contribution in [-0.4, -0.2) is 48.0 Å².